The Hall–Kier alpha value is -4.63. The third kappa shape index (κ3) is 62.6. The Morgan fingerprint density at radius 3 is 1.00 bits per heavy atom. The first-order valence-corrected chi connectivity index (χ1v) is 32.4. The second-order valence-corrected chi connectivity index (χ2v) is 22.4. The number of carbonyl (C=O) groups is 2. The molecule has 0 bridgehead atoms. The first-order valence-electron chi connectivity index (χ1n) is 30.9. The standard InChI is InChI=1S/C70H112NO8P/c1-6-8-10-12-14-16-18-20-22-24-26-28-30-32-34-35-37-39-41-43-45-47-49-51-53-55-57-59-61-63-70(73)79-68(67-78-80(74,75)77-65-64-71(3,4)5)66-76-69(72)62-60-58-56-54-52-50-48-46-44-42-40-38-36-33-31-29-27-25-23-21-19-17-15-13-11-9-7-2/h8-11,14-17,20-23,26-29,32-34,36-37,39-40,42-43,45,49,51,68H,6-7,12-13,18-19,24-25,30-31,35,38,41,44,46-48,50,52-67H2,1-5H3/p+1/b10-8-,11-9-,16-14-,17-15-,22-20-,23-21-,28-26-,29-27-,34-32-,36-33-,39-37-,42-40-,45-43-,51-49-. The van der Waals surface area contributed by atoms with Crippen LogP contribution in [0.4, 0.5) is 0 Å². The largest absolute Gasteiger partial charge is 0.472 e. The number of hydrogen-bond acceptors (Lipinski definition) is 7. The number of likely N-dealkylation sites (N-methyl/N-ethyl adjacent to an activating group) is 1. The third-order valence-electron chi connectivity index (χ3n) is 12.2. The lowest BCUT2D eigenvalue weighted by Gasteiger charge is -2.24. The Kier molecular flexibility index (Phi) is 55.6. The zero-order chi connectivity index (χ0) is 58.4. The third-order valence-corrected chi connectivity index (χ3v) is 13.2. The van der Waals surface area contributed by atoms with E-state index >= 15 is 0 Å². The Morgan fingerprint density at radius 2 is 0.675 bits per heavy atom. The average molecular weight is 1130 g/mol. The molecule has 0 aliphatic rings. The van der Waals surface area contributed by atoms with E-state index in [2.05, 4.69) is 184 Å². The number of hydrogen-bond donors (Lipinski definition) is 1. The van der Waals surface area contributed by atoms with Crippen molar-refractivity contribution in [3.63, 3.8) is 0 Å². The van der Waals surface area contributed by atoms with Gasteiger partial charge in [-0.3, -0.25) is 18.6 Å². The summed E-state index contributed by atoms with van der Waals surface area (Å²) in [6.45, 7) is 4.14. The molecule has 0 aliphatic heterocycles. The molecular formula is C70H113NO8P+. The van der Waals surface area contributed by atoms with E-state index in [1.807, 2.05) is 21.1 Å². The summed E-state index contributed by atoms with van der Waals surface area (Å²) in [6.07, 6.45) is 89.9. The smallest absolute Gasteiger partial charge is 0.462 e. The zero-order valence-electron chi connectivity index (χ0n) is 51.0. The summed E-state index contributed by atoms with van der Waals surface area (Å²) in [6, 6.07) is 0. The fourth-order valence-corrected chi connectivity index (χ4v) is 8.30. The minimum absolute atomic E-state index is 0.0142. The molecule has 0 radical (unpaired) electrons. The van der Waals surface area contributed by atoms with Gasteiger partial charge in [-0.05, 0) is 128 Å². The van der Waals surface area contributed by atoms with Gasteiger partial charge in [-0.15, -0.1) is 0 Å². The minimum Gasteiger partial charge on any atom is -0.462 e. The van der Waals surface area contributed by atoms with Crippen molar-refractivity contribution < 1.29 is 42.1 Å². The molecule has 450 valence electrons. The van der Waals surface area contributed by atoms with E-state index in [1.165, 1.54) is 25.7 Å². The quantitative estimate of drug-likeness (QED) is 0.0211. The second kappa shape index (κ2) is 59.0. The first kappa shape index (κ1) is 75.4. The van der Waals surface area contributed by atoms with Gasteiger partial charge in [0.1, 0.15) is 19.8 Å². The lowest BCUT2D eigenvalue weighted by atomic mass is 10.1. The van der Waals surface area contributed by atoms with Crippen LogP contribution in [0.1, 0.15) is 206 Å². The van der Waals surface area contributed by atoms with Crippen molar-refractivity contribution in [3.8, 4) is 0 Å². The first-order chi connectivity index (χ1) is 39.0. The van der Waals surface area contributed by atoms with Gasteiger partial charge >= 0.3 is 19.8 Å². The molecule has 9 nitrogen and oxygen atoms in total. The maximum absolute atomic E-state index is 12.8. The minimum atomic E-state index is -4.41. The van der Waals surface area contributed by atoms with Crippen LogP contribution >= 0.6 is 7.82 Å². The number of carbonyl (C=O) groups excluding carboxylic acids is 2. The second-order valence-electron chi connectivity index (χ2n) is 21.0. The summed E-state index contributed by atoms with van der Waals surface area (Å²) < 4.78 is 34.6. The van der Waals surface area contributed by atoms with Crippen LogP contribution in [0.5, 0.6) is 0 Å². The van der Waals surface area contributed by atoms with Crippen LogP contribution in [0, 0.1) is 0 Å². The highest BCUT2D eigenvalue weighted by atomic mass is 31.2. The van der Waals surface area contributed by atoms with E-state index in [4.69, 9.17) is 18.5 Å². The molecule has 2 unspecified atom stereocenters. The van der Waals surface area contributed by atoms with E-state index in [9.17, 15) is 19.0 Å². The van der Waals surface area contributed by atoms with Crippen LogP contribution in [0.2, 0.25) is 0 Å². The maximum atomic E-state index is 12.8. The molecule has 0 spiro atoms. The van der Waals surface area contributed by atoms with Crippen molar-refractivity contribution in [2.24, 2.45) is 0 Å². The van der Waals surface area contributed by atoms with Crippen molar-refractivity contribution in [1.82, 2.24) is 0 Å². The van der Waals surface area contributed by atoms with E-state index in [-0.39, 0.29) is 26.1 Å². The van der Waals surface area contributed by atoms with Crippen molar-refractivity contribution >= 4 is 19.8 Å². The van der Waals surface area contributed by atoms with Gasteiger partial charge in [0.2, 0.25) is 0 Å². The van der Waals surface area contributed by atoms with Gasteiger partial charge in [-0.25, -0.2) is 4.57 Å². The van der Waals surface area contributed by atoms with Crippen LogP contribution in [0.3, 0.4) is 0 Å². The number of esters is 2. The highest BCUT2D eigenvalue weighted by Crippen LogP contribution is 2.43. The predicted octanol–water partition coefficient (Wildman–Crippen LogP) is 19.8. The average Bonchev–Trinajstić information content (AvgIpc) is 3.42. The molecular weight excluding hydrogens is 1010 g/mol. The molecule has 0 aliphatic carbocycles. The van der Waals surface area contributed by atoms with Crippen LogP contribution in [-0.2, 0) is 32.7 Å². The van der Waals surface area contributed by atoms with Crippen molar-refractivity contribution in [2.75, 3.05) is 47.5 Å². The lowest BCUT2D eigenvalue weighted by molar-refractivity contribution is -0.870. The van der Waals surface area contributed by atoms with Gasteiger partial charge in [0.25, 0.3) is 0 Å². The SMILES string of the molecule is CC/C=C\C/C=C\C/C=C\C/C=C\C/C=C\C/C=C\C/C=C\C/C=C\CCCCCCC(=O)OC(COC(=O)CCCCCCCCCC/C=C\C/C=C\C/C=C\C/C=C\C/C=C\C/C=C\CC)COP(=O)(O)OCC[N+](C)(C)C. The van der Waals surface area contributed by atoms with E-state index in [1.54, 1.807) is 0 Å². The van der Waals surface area contributed by atoms with Gasteiger partial charge in [-0.1, -0.05) is 235 Å². The summed E-state index contributed by atoms with van der Waals surface area (Å²) in [5, 5.41) is 0. The van der Waals surface area contributed by atoms with Crippen LogP contribution in [0.25, 0.3) is 0 Å². The number of phosphoric acid groups is 1. The fraction of sp³-hybridized carbons (Fsp3) is 0.571. The molecule has 10 heteroatoms. The molecule has 0 aromatic carbocycles. The van der Waals surface area contributed by atoms with E-state index in [0.29, 0.717) is 23.9 Å². The van der Waals surface area contributed by atoms with Gasteiger partial charge in [-0.2, -0.15) is 0 Å². The summed E-state index contributed by atoms with van der Waals surface area (Å²) in [7, 11) is 1.42. The maximum Gasteiger partial charge on any atom is 0.472 e. The normalized spacial score (nSPS) is 14.4. The van der Waals surface area contributed by atoms with Gasteiger partial charge in [0.15, 0.2) is 6.10 Å². The van der Waals surface area contributed by atoms with Crippen molar-refractivity contribution in [3.05, 3.63) is 170 Å². The molecule has 0 fully saturated rings. The van der Waals surface area contributed by atoms with Gasteiger partial charge in [0.05, 0.1) is 27.7 Å². The summed E-state index contributed by atoms with van der Waals surface area (Å²) in [5.41, 5.74) is 0. The molecule has 0 aromatic heterocycles. The highest BCUT2D eigenvalue weighted by Gasteiger charge is 2.27. The Morgan fingerprint density at radius 1 is 0.388 bits per heavy atom. The van der Waals surface area contributed by atoms with Gasteiger partial charge < -0.3 is 18.9 Å². The zero-order valence-corrected chi connectivity index (χ0v) is 51.9. The molecule has 0 saturated carbocycles. The molecule has 80 heavy (non-hydrogen) atoms. The molecule has 0 rings (SSSR count). The number of unbranched alkanes of at least 4 members (excludes halogenated alkanes) is 12. The van der Waals surface area contributed by atoms with Crippen molar-refractivity contribution in [2.45, 2.75) is 213 Å². The molecule has 0 aromatic rings. The number of rotatable bonds is 54. The predicted molar refractivity (Wildman–Crippen MR) is 343 cm³/mol. The van der Waals surface area contributed by atoms with Crippen LogP contribution in [-0.4, -0.2) is 74.9 Å². The Labute approximate surface area is 489 Å². The molecule has 1 N–H and O–H groups in total. The summed E-state index contributed by atoms with van der Waals surface area (Å²) >= 11 is 0. The van der Waals surface area contributed by atoms with E-state index < -0.39 is 32.5 Å². The highest BCUT2D eigenvalue weighted by molar-refractivity contribution is 7.47. The number of ether oxygens (including phenoxy) is 2. The Bertz CT molecular complexity index is 1950. The van der Waals surface area contributed by atoms with Gasteiger partial charge in [0, 0.05) is 12.8 Å². The van der Waals surface area contributed by atoms with Crippen LogP contribution < -0.4 is 0 Å². The van der Waals surface area contributed by atoms with Crippen LogP contribution in [0.15, 0.2) is 170 Å². The summed E-state index contributed by atoms with van der Waals surface area (Å²) in [5.74, 6) is -0.851. The monoisotopic (exact) mass is 1130 g/mol. The number of phosphoric ester groups is 1. The molecule has 0 heterocycles. The number of allylic oxidation sites excluding steroid dienone is 28. The lowest BCUT2D eigenvalue weighted by Crippen LogP contribution is -2.37. The Balaban J connectivity index is 4.28. The fourth-order valence-electron chi connectivity index (χ4n) is 7.56. The summed E-state index contributed by atoms with van der Waals surface area (Å²) in [4.78, 5) is 35.8. The number of quaternary nitrogens is 1. The topological polar surface area (TPSA) is 108 Å². The van der Waals surface area contributed by atoms with E-state index in [0.717, 1.165) is 141 Å². The molecule has 0 amide bonds. The molecule has 2 atom stereocenters. The van der Waals surface area contributed by atoms with Crippen molar-refractivity contribution in [1.29, 1.82) is 0 Å². The molecule has 0 saturated heterocycles. The number of nitrogens with zero attached hydrogens (tertiary/aromatic N) is 1.